The fourth-order valence-electron chi connectivity index (χ4n) is 4.52. The van der Waals surface area contributed by atoms with E-state index >= 15 is 0 Å². The average molecular weight is 503 g/mol. The molecule has 3 N–H and O–H groups in total. The Kier molecular flexibility index (Phi) is 8.28. The molecule has 1 aliphatic heterocycles. The van der Waals surface area contributed by atoms with Gasteiger partial charge in [0.2, 0.25) is 0 Å². The summed E-state index contributed by atoms with van der Waals surface area (Å²) in [4.78, 5) is 6.83. The molecule has 7 nitrogen and oxygen atoms in total. The summed E-state index contributed by atoms with van der Waals surface area (Å²) in [6.45, 7) is 6.91. The second kappa shape index (κ2) is 11.4. The summed E-state index contributed by atoms with van der Waals surface area (Å²) in [5, 5.41) is 18.8. The van der Waals surface area contributed by atoms with E-state index in [2.05, 4.69) is 34.4 Å². The first kappa shape index (κ1) is 25.4. The lowest BCUT2D eigenvalue weighted by molar-refractivity contribution is -0.0685. The molecule has 0 saturated carbocycles. The van der Waals surface area contributed by atoms with Crippen LogP contribution >= 0.6 is 11.6 Å². The van der Waals surface area contributed by atoms with Gasteiger partial charge in [-0.2, -0.15) is 0 Å². The van der Waals surface area contributed by atoms with Crippen LogP contribution in [0, 0.1) is 5.82 Å². The zero-order chi connectivity index (χ0) is 24.9. The predicted octanol–water partition coefficient (Wildman–Crippen LogP) is 5.40. The largest absolute Gasteiger partial charge is 0.495 e. The number of nitrogens with one attached hydrogen (secondary N) is 2. The molecule has 188 valence electrons. The molecule has 4 rings (SSSR count). The van der Waals surface area contributed by atoms with Crippen LogP contribution in [0.1, 0.15) is 26.7 Å². The second-order valence-electron chi connectivity index (χ2n) is 9.01. The molecule has 3 atom stereocenters. The SMILES string of the molecule is COc1cc2ccnc(Nc3ccc(F)c(Cl)c3)c2cc1NC(O)CCCN1C[C@@H](C)O[C@@H](C)C1. The highest BCUT2D eigenvalue weighted by molar-refractivity contribution is 6.31. The lowest BCUT2D eigenvalue weighted by Gasteiger charge is -2.35. The first-order chi connectivity index (χ1) is 16.8. The van der Waals surface area contributed by atoms with Crippen LogP contribution in [0.4, 0.5) is 21.6 Å². The maximum atomic E-state index is 13.5. The number of pyridine rings is 1. The van der Waals surface area contributed by atoms with Crippen molar-refractivity contribution in [1.82, 2.24) is 9.88 Å². The van der Waals surface area contributed by atoms with Crippen LogP contribution < -0.4 is 15.4 Å². The minimum atomic E-state index is -0.735. The number of hydrogen-bond donors (Lipinski definition) is 3. The molecule has 1 aliphatic rings. The number of ether oxygens (including phenoxy) is 2. The number of fused-ring (bicyclic) bond motifs is 1. The molecule has 0 aliphatic carbocycles. The number of aliphatic hydroxyl groups excluding tert-OH is 1. The van der Waals surface area contributed by atoms with Gasteiger partial charge in [0.15, 0.2) is 0 Å². The van der Waals surface area contributed by atoms with Crippen molar-refractivity contribution in [3.8, 4) is 5.75 Å². The molecule has 1 fully saturated rings. The van der Waals surface area contributed by atoms with Crippen molar-refractivity contribution in [2.75, 3.05) is 37.4 Å². The summed E-state index contributed by atoms with van der Waals surface area (Å²) in [6.07, 6.45) is 2.85. The Hall–Kier alpha value is -2.65. The molecule has 0 radical (unpaired) electrons. The number of hydrogen-bond acceptors (Lipinski definition) is 7. The van der Waals surface area contributed by atoms with E-state index in [9.17, 15) is 9.50 Å². The van der Waals surface area contributed by atoms with Crippen LogP contribution in [0.25, 0.3) is 10.8 Å². The molecule has 9 heteroatoms. The molecule has 1 unspecified atom stereocenters. The van der Waals surface area contributed by atoms with E-state index in [0.29, 0.717) is 29.4 Å². The third-order valence-corrected chi connectivity index (χ3v) is 6.33. The summed E-state index contributed by atoms with van der Waals surface area (Å²) >= 11 is 5.93. The Labute approximate surface area is 210 Å². The van der Waals surface area contributed by atoms with Gasteiger partial charge in [-0.05, 0) is 75.0 Å². The number of anilines is 3. The van der Waals surface area contributed by atoms with Crippen LogP contribution in [-0.4, -0.2) is 60.2 Å². The third kappa shape index (κ3) is 6.52. The normalized spacial score (nSPS) is 19.5. The third-order valence-electron chi connectivity index (χ3n) is 6.04. The smallest absolute Gasteiger partial charge is 0.142 e. The van der Waals surface area contributed by atoms with Gasteiger partial charge in [0.05, 0.1) is 30.0 Å². The second-order valence-corrected chi connectivity index (χ2v) is 9.41. The first-order valence-electron chi connectivity index (χ1n) is 11.8. The van der Waals surface area contributed by atoms with Gasteiger partial charge in [-0.15, -0.1) is 0 Å². The van der Waals surface area contributed by atoms with E-state index in [-0.39, 0.29) is 17.2 Å². The number of rotatable bonds is 9. The van der Waals surface area contributed by atoms with Gasteiger partial charge >= 0.3 is 0 Å². The highest BCUT2D eigenvalue weighted by Gasteiger charge is 2.22. The van der Waals surface area contributed by atoms with Gasteiger partial charge in [-0.25, -0.2) is 9.37 Å². The summed E-state index contributed by atoms with van der Waals surface area (Å²) < 4.78 is 24.9. The molecule has 0 spiro atoms. The van der Waals surface area contributed by atoms with E-state index in [4.69, 9.17) is 21.1 Å². The summed E-state index contributed by atoms with van der Waals surface area (Å²) in [6, 6.07) is 10.1. The van der Waals surface area contributed by atoms with Crippen LogP contribution in [-0.2, 0) is 4.74 Å². The Bertz CT molecular complexity index is 1150. The van der Waals surface area contributed by atoms with E-state index in [1.807, 2.05) is 18.2 Å². The molecule has 1 saturated heterocycles. The van der Waals surface area contributed by atoms with Crippen LogP contribution in [0.3, 0.4) is 0 Å². The molecule has 1 aromatic heterocycles. The maximum Gasteiger partial charge on any atom is 0.142 e. The summed E-state index contributed by atoms with van der Waals surface area (Å²) in [7, 11) is 1.60. The van der Waals surface area contributed by atoms with E-state index in [1.54, 1.807) is 19.4 Å². The van der Waals surface area contributed by atoms with Crippen LogP contribution in [0.15, 0.2) is 42.6 Å². The highest BCUT2D eigenvalue weighted by Crippen LogP contribution is 2.35. The minimum absolute atomic E-state index is 0.0309. The van der Waals surface area contributed by atoms with Crippen molar-refractivity contribution < 1.29 is 19.0 Å². The number of morpholine rings is 1. The van der Waals surface area contributed by atoms with Crippen molar-refractivity contribution in [1.29, 1.82) is 0 Å². The molecule has 35 heavy (non-hydrogen) atoms. The maximum absolute atomic E-state index is 13.5. The van der Waals surface area contributed by atoms with Crippen molar-refractivity contribution in [3.05, 3.63) is 53.4 Å². The van der Waals surface area contributed by atoms with E-state index in [0.717, 1.165) is 36.8 Å². The summed E-state index contributed by atoms with van der Waals surface area (Å²) in [5.74, 6) is 0.723. The molecule has 3 aromatic rings. The Balaban J connectivity index is 1.46. The Morgan fingerprint density at radius 1 is 1.23 bits per heavy atom. The standard InChI is InChI=1S/C26H32ClFN4O3/c1-16-14-32(15-17(2)35-16)10-4-5-25(33)31-23-13-20-18(11-24(23)34-3)8-9-29-26(20)30-19-6-7-22(28)21(27)12-19/h6-9,11-13,16-17,25,31,33H,4-5,10,14-15H2,1-3H3,(H,29,30)/t16-,17+,25?. The molecule has 2 heterocycles. The predicted molar refractivity (Wildman–Crippen MR) is 138 cm³/mol. The number of aliphatic hydroxyl groups is 1. The van der Waals surface area contributed by atoms with Gasteiger partial charge in [0.25, 0.3) is 0 Å². The molecule has 2 aromatic carbocycles. The average Bonchev–Trinajstić information content (AvgIpc) is 2.81. The number of aromatic nitrogens is 1. The van der Waals surface area contributed by atoms with Gasteiger partial charge in [-0.3, -0.25) is 4.90 Å². The number of nitrogens with zero attached hydrogens (tertiary/aromatic N) is 2. The Morgan fingerprint density at radius 2 is 2.00 bits per heavy atom. The minimum Gasteiger partial charge on any atom is -0.495 e. The van der Waals surface area contributed by atoms with E-state index in [1.165, 1.54) is 12.1 Å². The number of benzene rings is 2. The molecular formula is C26H32ClFN4O3. The van der Waals surface area contributed by atoms with Crippen molar-refractivity contribution in [3.63, 3.8) is 0 Å². The molecule has 0 bridgehead atoms. The van der Waals surface area contributed by atoms with Crippen molar-refractivity contribution >= 4 is 39.6 Å². The van der Waals surface area contributed by atoms with Crippen molar-refractivity contribution in [2.24, 2.45) is 0 Å². The zero-order valence-corrected chi connectivity index (χ0v) is 21.0. The summed E-state index contributed by atoms with van der Waals surface area (Å²) in [5.41, 5.74) is 1.28. The van der Waals surface area contributed by atoms with Gasteiger partial charge < -0.3 is 25.2 Å². The van der Waals surface area contributed by atoms with Gasteiger partial charge in [0, 0.05) is 30.4 Å². The van der Waals surface area contributed by atoms with Crippen LogP contribution in [0.5, 0.6) is 5.75 Å². The number of halogens is 2. The van der Waals surface area contributed by atoms with Gasteiger partial charge in [-0.1, -0.05) is 11.6 Å². The van der Waals surface area contributed by atoms with Crippen molar-refractivity contribution in [2.45, 2.75) is 45.1 Å². The van der Waals surface area contributed by atoms with E-state index < -0.39 is 12.0 Å². The fraction of sp³-hybridized carbons (Fsp3) is 0.423. The fourth-order valence-corrected chi connectivity index (χ4v) is 4.70. The highest BCUT2D eigenvalue weighted by atomic mass is 35.5. The van der Waals surface area contributed by atoms with Crippen LogP contribution in [0.2, 0.25) is 5.02 Å². The number of methoxy groups -OCH3 is 1. The molecule has 0 amide bonds. The van der Waals surface area contributed by atoms with Gasteiger partial charge in [0.1, 0.15) is 23.6 Å². The Morgan fingerprint density at radius 3 is 2.71 bits per heavy atom. The quantitative estimate of drug-likeness (QED) is 0.338. The molecular weight excluding hydrogens is 471 g/mol. The zero-order valence-electron chi connectivity index (χ0n) is 20.2. The monoisotopic (exact) mass is 502 g/mol. The first-order valence-corrected chi connectivity index (χ1v) is 12.2. The lowest BCUT2D eigenvalue weighted by Crippen LogP contribution is -2.45. The lowest BCUT2D eigenvalue weighted by atomic mass is 10.1. The topological polar surface area (TPSA) is 78.9 Å².